The molecule has 76 valence electrons. The van der Waals surface area contributed by atoms with Crippen molar-refractivity contribution in [1.29, 1.82) is 0 Å². The van der Waals surface area contributed by atoms with Crippen molar-refractivity contribution in [2.75, 3.05) is 0 Å². The average molecular weight is 186 g/mol. The summed E-state index contributed by atoms with van der Waals surface area (Å²) in [6, 6.07) is 0. The Hall–Kier alpha value is -0.860. The molecule has 0 rings (SSSR count). The first kappa shape index (κ1) is 12.1. The first-order valence-electron chi connectivity index (χ1n) is 4.83. The van der Waals surface area contributed by atoms with Gasteiger partial charge in [0, 0.05) is 12.8 Å². The fraction of sp³-hybridized carbons (Fsp3) is 0.800. The number of ether oxygens (including phenoxy) is 1. The molecule has 3 heteroatoms. The highest BCUT2D eigenvalue weighted by atomic mass is 16.5. The molecule has 0 saturated heterocycles. The van der Waals surface area contributed by atoms with E-state index in [4.69, 9.17) is 4.74 Å². The minimum absolute atomic E-state index is 0.192. The lowest BCUT2D eigenvalue weighted by Gasteiger charge is -2.09. The number of carbonyl (C=O) groups is 2. The normalized spacial score (nSPS) is 12.2. The standard InChI is InChI=1S/C10H18O3/c1-3-4-5-6-10(12)13-9(2)7-8-11/h8-9H,3-7H2,1-2H3. The number of unbranched alkanes of at least 4 members (excludes halogenated alkanes) is 2. The minimum atomic E-state index is -0.272. The lowest BCUT2D eigenvalue weighted by atomic mass is 10.2. The average Bonchev–Trinajstić information content (AvgIpc) is 2.05. The Balaban J connectivity index is 3.43. The maximum Gasteiger partial charge on any atom is 0.306 e. The van der Waals surface area contributed by atoms with Crippen molar-refractivity contribution in [3.63, 3.8) is 0 Å². The highest BCUT2D eigenvalue weighted by Gasteiger charge is 2.07. The summed E-state index contributed by atoms with van der Waals surface area (Å²) >= 11 is 0. The number of esters is 1. The van der Waals surface area contributed by atoms with Crippen LogP contribution in [0.3, 0.4) is 0 Å². The number of carbonyl (C=O) groups excluding carboxylic acids is 2. The number of hydrogen-bond acceptors (Lipinski definition) is 3. The second-order valence-electron chi connectivity index (χ2n) is 3.16. The molecule has 13 heavy (non-hydrogen) atoms. The van der Waals surface area contributed by atoms with Gasteiger partial charge in [-0.3, -0.25) is 4.79 Å². The quantitative estimate of drug-likeness (QED) is 0.347. The monoisotopic (exact) mass is 186 g/mol. The minimum Gasteiger partial charge on any atom is -0.462 e. The van der Waals surface area contributed by atoms with E-state index in [9.17, 15) is 9.59 Å². The van der Waals surface area contributed by atoms with E-state index in [0.29, 0.717) is 12.8 Å². The zero-order valence-corrected chi connectivity index (χ0v) is 8.41. The predicted octanol–water partition coefficient (Wildman–Crippen LogP) is 2.09. The van der Waals surface area contributed by atoms with Crippen LogP contribution in [-0.4, -0.2) is 18.4 Å². The first-order chi connectivity index (χ1) is 6.20. The predicted molar refractivity (Wildman–Crippen MR) is 50.4 cm³/mol. The first-order valence-corrected chi connectivity index (χ1v) is 4.83. The molecule has 0 spiro atoms. The molecule has 0 aromatic carbocycles. The third-order valence-electron chi connectivity index (χ3n) is 1.75. The van der Waals surface area contributed by atoms with Crippen molar-refractivity contribution in [3.8, 4) is 0 Å². The van der Waals surface area contributed by atoms with Gasteiger partial charge in [0.2, 0.25) is 0 Å². The van der Waals surface area contributed by atoms with E-state index < -0.39 is 0 Å². The van der Waals surface area contributed by atoms with Gasteiger partial charge in [-0.25, -0.2) is 0 Å². The number of rotatable bonds is 7. The van der Waals surface area contributed by atoms with Crippen LogP contribution in [0.2, 0.25) is 0 Å². The van der Waals surface area contributed by atoms with Crippen LogP contribution in [0, 0.1) is 0 Å². The summed E-state index contributed by atoms with van der Waals surface area (Å²) in [5, 5.41) is 0. The van der Waals surface area contributed by atoms with Crippen LogP contribution in [0.1, 0.15) is 46.0 Å². The Kier molecular flexibility index (Phi) is 7.26. The Morgan fingerprint density at radius 1 is 1.46 bits per heavy atom. The lowest BCUT2D eigenvalue weighted by molar-refractivity contribution is -0.148. The van der Waals surface area contributed by atoms with Crippen LogP contribution >= 0.6 is 0 Å². The third kappa shape index (κ3) is 7.50. The molecule has 1 atom stereocenters. The summed E-state index contributed by atoms with van der Waals surface area (Å²) in [4.78, 5) is 21.1. The van der Waals surface area contributed by atoms with Crippen LogP contribution in [0.15, 0.2) is 0 Å². The molecule has 0 aromatic heterocycles. The van der Waals surface area contributed by atoms with Crippen molar-refractivity contribution >= 4 is 12.3 Å². The summed E-state index contributed by atoms with van der Waals surface area (Å²) in [6.45, 7) is 3.81. The van der Waals surface area contributed by atoms with Gasteiger partial charge >= 0.3 is 5.97 Å². The second kappa shape index (κ2) is 7.77. The summed E-state index contributed by atoms with van der Waals surface area (Å²) < 4.78 is 4.97. The molecule has 0 amide bonds. The molecule has 0 N–H and O–H groups in total. The van der Waals surface area contributed by atoms with E-state index in [2.05, 4.69) is 6.92 Å². The number of aldehydes is 1. The zero-order chi connectivity index (χ0) is 10.1. The molecule has 0 bridgehead atoms. The maximum atomic E-state index is 11.1. The smallest absolute Gasteiger partial charge is 0.306 e. The van der Waals surface area contributed by atoms with Crippen molar-refractivity contribution in [1.82, 2.24) is 0 Å². The molecule has 0 saturated carbocycles. The van der Waals surface area contributed by atoms with Gasteiger partial charge in [-0.15, -0.1) is 0 Å². The molecule has 0 heterocycles. The summed E-state index contributed by atoms with van der Waals surface area (Å²) in [7, 11) is 0. The Morgan fingerprint density at radius 3 is 2.69 bits per heavy atom. The zero-order valence-electron chi connectivity index (χ0n) is 8.41. The van der Waals surface area contributed by atoms with Gasteiger partial charge in [0.25, 0.3) is 0 Å². The summed E-state index contributed by atoms with van der Waals surface area (Å²) in [5.41, 5.74) is 0. The molecular formula is C10H18O3. The van der Waals surface area contributed by atoms with Gasteiger partial charge in [0.1, 0.15) is 12.4 Å². The van der Waals surface area contributed by atoms with E-state index in [-0.39, 0.29) is 12.1 Å². The Morgan fingerprint density at radius 2 is 2.15 bits per heavy atom. The molecule has 0 fully saturated rings. The van der Waals surface area contributed by atoms with Crippen molar-refractivity contribution < 1.29 is 14.3 Å². The topological polar surface area (TPSA) is 43.4 Å². The van der Waals surface area contributed by atoms with Gasteiger partial charge in [0.15, 0.2) is 0 Å². The van der Waals surface area contributed by atoms with Gasteiger partial charge in [0.05, 0.1) is 0 Å². The van der Waals surface area contributed by atoms with Crippen LogP contribution in [0.25, 0.3) is 0 Å². The van der Waals surface area contributed by atoms with E-state index in [1.165, 1.54) is 0 Å². The van der Waals surface area contributed by atoms with E-state index in [1.807, 2.05) is 0 Å². The molecule has 1 unspecified atom stereocenters. The van der Waals surface area contributed by atoms with E-state index in [1.54, 1.807) is 6.92 Å². The highest BCUT2D eigenvalue weighted by molar-refractivity contribution is 5.69. The fourth-order valence-electron chi connectivity index (χ4n) is 0.986. The molecule has 0 aliphatic carbocycles. The van der Waals surface area contributed by atoms with Crippen LogP contribution in [0.4, 0.5) is 0 Å². The molecule has 0 aromatic rings. The van der Waals surface area contributed by atoms with Gasteiger partial charge in [-0.1, -0.05) is 19.8 Å². The summed E-state index contributed by atoms with van der Waals surface area (Å²) in [5.74, 6) is -0.192. The molecule has 0 aliphatic heterocycles. The van der Waals surface area contributed by atoms with Crippen molar-refractivity contribution in [2.45, 2.75) is 52.1 Å². The van der Waals surface area contributed by atoms with Gasteiger partial charge < -0.3 is 9.53 Å². The lowest BCUT2D eigenvalue weighted by Crippen LogP contribution is -2.14. The highest BCUT2D eigenvalue weighted by Crippen LogP contribution is 2.03. The van der Waals surface area contributed by atoms with Crippen LogP contribution in [-0.2, 0) is 14.3 Å². The Bertz CT molecular complexity index is 154. The SMILES string of the molecule is CCCCCC(=O)OC(C)CC=O. The molecular weight excluding hydrogens is 168 g/mol. The van der Waals surface area contributed by atoms with E-state index in [0.717, 1.165) is 25.5 Å². The van der Waals surface area contributed by atoms with Gasteiger partial charge in [-0.2, -0.15) is 0 Å². The van der Waals surface area contributed by atoms with Crippen LogP contribution < -0.4 is 0 Å². The van der Waals surface area contributed by atoms with Crippen molar-refractivity contribution in [2.24, 2.45) is 0 Å². The maximum absolute atomic E-state index is 11.1. The molecule has 0 radical (unpaired) electrons. The van der Waals surface area contributed by atoms with E-state index >= 15 is 0 Å². The van der Waals surface area contributed by atoms with Gasteiger partial charge in [-0.05, 0) is 13.3 Å². The molecule has 3 nitrogen and oxygen atoms in total. The summed E-state index contributed by atoms with van der Waals surface area (Å²) in [6.07, 6.45) is 4.28. The number of hydrogen-bond donors (Lipinski definition) is 0. The largest absolute Gasteiger partial charge is 0.462 e. The van der Waals surface area contributed by atoms with Crippen molar-refractivity contribution in [3.05, 3.63) is 0 Å². The fourth-order valence-corrected chi connectivity index (χ4v) is 0.986. The Labute approximate surface area is 79.5 Å². The second-order valence-corrected chi connectivity index (χ2v) is 3.16. The van der Waals surface area contributed by atoms with Crippen LogP contribution in [0.5, 0.6) is 0 Å². The third-order valence-corrected chi connectivity index (χ3v) is 1.75. The molecule has 0 aliphatic rings.